The van der Waals surface area contributed by atoms with Crippen molar-refractivity contribution in [2.45, 2.75) is 31.1 Å². The van der Waals surface area contributed by atoms with Crippen LogP contribution in [0.3, 0.4) is 0 Å². The van der Waals surface area contributed by atoms with Crippen LogP contribution in [0.1, 0.15) is 36.7 Å². The monoisotopic (exact) mass is 396 g/mol. The van der Waals surface area contributed by atoms with E-state index in [0.717, 1.165) is 5.56 Å². The maximum atomic E-state index is 12.4. The lowest BCUT2D eigenvalue weighted by Crippen LogP contribution is -2.41. The Kier molecular flexibility index (Phi) is 5.95. The minimum absolute atomic E-state index is 0.0452. The van der Waals surface area contributed by atoms with Crippen LogP contribution in [0, 0.1) is 0 Å². The fraction of sp³-hybridized carbons (Fsp3) is 0.278. The standard InChI is InChI=1S/C18H21ClN2O4S/c1-18(2,3)12-5-8-14(9-6-12)26(23,24)21-20-17(22)15-11-13(19)7-10-16(15)25-4/h5-11,21H,1-4H3,(H,20,22). The number of hydrazine groups is 1. The Morgan fingerprint density at radius 2 is 1.69 bits per heavy atom. The van der Waals surface area contributed by atoms with Crippen molar-refractivity contribution >= 4 is 27.5 Å². The summed E-state index contributed by atoms with van der Waals surface area (Å²) in [5.74, 6) is -0.403. The molecule has 0 radical (unpaired) electrons. The number of hydrogen-bond donors (Lipinski definition) is 2. The maximum absolute atomic E-state index is 12.4. The molecule has 6 nitrogen and oxygen atoms in total. The highest BCUT2D eigenvalue weighted by atomic mass is 35.5. The number of carbonyl (C=O) groups excluding carboxylic acids is 1. The average Bonchev–Trinajstić information content (AvgIpc) is 2.59. The Balaban J connectivity index is 2.15. The summed E-state index contributed by atoms with van der Waals surface area (Å²) in [4.78, 5) is 14.4. The number of rotatable bonds is 5. The molecule has 0 atom stereocenters. The van der Waals surface area contributed by atoms with E-state index in [1.54, 1.807) is 18.2 Å². The second-order valence-corrected chi connectivity index (χ2v) is 8.80. The summed E-state index contributed by atoms with van der Waals surface area (Å²) in [6.45, 7) is 6.11. The topological polar surface area (TPSA) is 84.5 Å². The fourth-order valence-electron chi connectivity index (χ4n) is 2.23. The molecule has 0 heterocycles. The summed E-state index contributed by atoms with van der Waals surface area (Å²) in [6.07, 6.45) is 0. The van der Waals surface area contributed by atoms with Gasteiger partial charge in [-0.3, -0.25) is 10.2 Å². The van der Waals surface area contributed by atoms with Crippen molar-refractivity contribution < 1.29 is 17.9 Å². The minimum atomic E-state index is -3.91. The molecule has 140 valence electrons. The summed E-state index contributed by atoms with van der Waals surface area (Å²) in [5, 5.41) is 0.330. The van der Waals surface area contributed by atoms with Crippen molar-refractivity contribution in [2.75, 3.05) is 7.11 Å². The molecule has 2 aromatic rings. The van der Waals surface area contributed by atoms with Crippen LogP contribution in [-0.2, 0) is 15.4 Å². The van der Waals surface area contributed by atoms with Crippen LogP contribution < -0.4 is 15.0 Å². The summed E-state index contributed by atoms with van der Waals surface area (Å²) in [7, 11) is -2.51. The Labute approximate surface area is 158 Å². The molecular formula is C18H21ClN2O4S. The van der Waals surface area contributed by atoms with E-state index in [9.17, 15) is 13.2 Å². The van der Waals surface area contributed by atoms with Crippen molar-refractivity contribution in [3.63, 3.8) is 0 Å². The van der Waals surface area contributed by atoms with Crippen LogP contribution in [0.4, 0.5) is 0 Å². The van der Waals surface area contributed by atoms with Crippen LogP contribution in [0.15, 0.2) is 47.4 Å². The van der Waals surface area contributed by atoms with Crippen LogP contribution >= 0.6 is 11.6 Å². The summed E-state index contributed by atoms with van der Waals surface area (Å²) >= 11 is 5.88. The number of amides is 1. The molecule has 0 fully saturated rings. The smallest absolute Gasteiger partial charge is 0.270 e. The maximum Gasteiger partial charge on any atom is 0.270 e. The third kappa shape index (κ3) is 4.75. The summed E-state index contributed by atoms with van der Waals surface area (Å²) in [5.41, 5.74) is 3.20. The van der Waals surface area contributed by atoms with E-state index < -0.39 is 15.9 Å². The van der Waals surface area contributed by atoms with Gasteiger partial charge in [0.15, 0.2) is 0 Å². The highest BCUT2D eigenvalue weighted by Crippen LogP contribution is 2.24. The number of ether oxygens (including phenoxy) is 1. The van der Waals surface area contributed by atoms with Gasteiger partial charge in [-0.25, -0.2) is 8.42 Å². The minimum Gasteiger partial charge on any atom is -0.496 e. The Bertz CT molecular complexity index is 904. The molecule has 0 bridgehead atoms. The van der Waals surface area contributed by atoms with E-state index in [1.165, 1.54) is 31.4 Å². The molecule has 2 rings (SSSR count). The fourth-order valence-corrected chi connectivity index (χ4v) is 3.24. The van der Waals surface area contributed by atoms with Gasteiger partial charge < -0.3 is 4.74 Å². The second-order valence-electron chi connectivity index (χ2n) is 6.68. The third-order valence-corrected chi connectivity index (χ3v) is 5.23. The number of halogens is 1. The Hall–Kier alpha value is -2.09. The van der Waals surface area contributed by atoms with Gasteiger partial charge in [0.25, 0.3) is 15.9 Å². The lowest BCUT2D eigenvalue weighted by molar-refractivity contribution is 0.0942. The van der Waals surface area contributed by atoms with Gasteiger partial charge in [0.1, 0.15) is 5.75 Å². The van der Waals surface area contributed by atoms with Crippen molar-refractivity contribution in [1.82, 2.24) is 10.3 Å². The van der Waals surface area contributed by atoms with Crippen LogP contribution in [0.5, 0.6) is 5.75 Å². The van der Waals surface area contributed by atoms with E-state index in [0.29, 0.717) is 5.02 Å². The molecule has 0 aromatic heterocycles. The van der Waals surface area contributed by atoms with Crippen LogP contribution in [0.2, 0.25) is 5.02 Å². The van der Waals surface area contributed by atoms with Crippen molar-refractivity contribution in [2.24, 2.45) is 0 Å². The number of carbonyl (C=O) groups is 1. The predicted octanol–water partition coefficient (Wildman–Crippen LogP) is 3.27. The van der Waals surface area contributed by atoms with Crippen molar-refractivity contribution in [1.29, 1.82) is 0 Å². The van der Waals surface area contributed by atoms with E-state index in [-0.39, 0.29) is 21.6 Å². The quantitative estimate of drug-likeness (QED) is 0.759. The average molecular weight is 397 g/mol. The molecule has 2 N–H and O–H groups in total. The summed E-state index contributed by atoms with van der Waals surface area (Å²) < 4.78 is 29.8. The first kappa shape index (κ1) is 20.2. The molecule has 1 amide bonds. The number of benzene rings is 2. The number of hydrogen-bond acceptors (Lipinski definition) is 4. The van der Waals surface area contributed by atoms with E-state index in [1.807, 2.05) is 20.8 Å². The van der Waals surface area contributed by atoms with Gasteiger partial charge in [0, 0.05) is 5.02 Å². The zero-order valence-electron chi connectivity index (χ0n) is 15.0. The first-order valence-electron chi connectivity index (χ1n) is 7.81. The second kappa shape index (κ2) is 7.65. The van der Waals surface area contributed by atoms with Crippen LogP contribution in [-0.4, -0.2) is 21.4 Å². The number of methoxy groups -OCH3 is 1. The SMILES string of the molecule is COc1ccc(Cl)cc1C(=O)NNS(=O)(=O)c1ccc(C(C)(C)C)cc1. The molecule has 2 aromatic carbocycles. The molecular weight excluding hydrogens is 376 g/mol. The van der Waals surface area contributed by atoms with Gasteiger partial charge in [-0.05, 0) is 41.3 Å². The first-order chi connectivity index (χ1) is 12.0. The molecule has 8 heteroatoms. The molecule has 0 spiro atoms. The van der Waals surface area contributed by atoms with Crippen LogP contribution in [0.25, 0.3) is 0 Å². The van der Waals surface area contributed by atoms with Gasteiger partial charge in [0.05, 0.1) is 17.6 Å². The normalized spacial score (nSPS) is 11.9. The predicted molar refractivity (Wildman–Crippen MR) is 101 cm³/mol. The highest BCUT2D eigenvalue weighted by molar-refractivity contribution is 7.89. The lowest BCUT2D eigenvalue weighted by Gasteiger charge is -2.19. The molecule has 0 aliphatic carbocycles. The van der Waals surface area contributed by atoms with E-state index in [4.69, 9.17) is 16.3 Å². The van der Waals surface area contributed by atoms with Gasteiger partial charge >= 0.3 is 0 Å². The Morgan fingerprint density at radius 1 is 1.08 bits per heavy atom. The number of sulfonamides is 1. The lowest BCUT2D eigenvalue weighted by atomic mass is 9.87. The zero-order valence-corrected chi connectivity index (χ0v) is 16.5. The van der Waals surface area contributed by atoms with Gasteiger partial charge in [-0.15, -0.1) is 4.83 Å². The molecule has 0 aliphatic heterocycles. The van der Waals surface area contributed by atoms with Gasteiger partial charge in [0.2, 0.25) is 0 Å². The zero-order chi connectivity index (χ0) is 19.5. The van der Waals surface area contributed by atoms with Crippen molar-refractivity contribution in [3.05, 3.63) is 58.6 Å². The largest absolute Gasteiger partial charge is 0.496 e. The molecule has 26 heavy (non-hydrogen) atoms. The molecule has 0 saturated heterocycles. The van der Waals surface area contributed by atoms with Gasteiger partial charge in [-0.2, -0.15) is 0 Å². The molecule has 0 aliphatic rings. The molecule has 0 saturated carbocycles. The van der Waals surface area contributed by atoms with Gasteiger partial charge in [-0.1, -0.05) is 44.5 Å². The Morgan fingerprint density at radius 3 is 2.23 bits per heavy atom. The van der Waals surface area contributed by atoms with Crippen molar-refractivity contribution in [3.8, 4) is 5.75 Å². The molecule has 0 unspecified atom stereocenters. The van der Waals surface area contributed by atoms with E-state index in [2.05, 4.69) is 10.3 Å². The summed E-state index contributed by atoms with van der Waals surface area (Å²) in [6, 6.07) is 11.0. The van der Waals surface area contributed by atoms with E-state index >= 15 is 0 Å². The highest BCUT2D eigenvalue weighted by Gasteiger charge is 2.19. The third-order valence-electron chi connectivity index (χ3n) is 3.74. The number of nitrogens with one attached hydrogen (secondary N) is 2. The first-order valence-corrected chi connectivity index (χ1v) is 9.67.